The Morgan fingerprint density at radius 2 is 1.76 bits per heavy atom. The molecule has 1 atom stereocenters. The van der Waals surface area contributed by atoms with Crippen molar-refractivity contribution >= 4 is 16.7 Å². The quantitative estimate of drug-likeness (QED) is 0.397. The molecule has 1 N–H and O–H groups in total. The number of rotatable bonds is 9. The number of hydrogen-bond donors (Lipinski definition) is 1. The van der Waals surface area contributed by atoms with Gasteiger partial charge in [0.1, 0.15) is 24.1 Å². The van der Waals surface area contributed by atoms with Crippen LogP contribution in [-0.2, 0) is 10.7 Å². The molecule has 2 aromatic carbocycles. The zero-order chi connectivity index (χ0) is 25.3. The zero-order valence-corrected chi connectivity index (χ0v) is 20.4. The van der Waals surface area contributed by atoms with Crippen LogP contribution >= 0.6 is 0 Å². The van der Waals surface area contributed by atoms with Crippen LogP contribution in [0.2, 0.25) is 0 Å². The Hall–Kier alpha value is -3.07. The summed E-state index contributed by atoms with van der Waals surface area (Å²) >= 11 is 0. The van der Waals surface area contributed by atoms with E-state index >= 15 is 0 Å². The van der Waals surface area contributed by atoms with Crippen LogP contribution in [0.1, 0.15) is 50.7 Å². The second-order valence-corrected chi connectivity index (χ2v) is 8.86. The number of aryl methyl sites for hydroxylation is 1. The van der Waals surface area contributed by atoms with Gasteiger partial charge < -0.3 is 19.5 Å². The summed E-state index contributed by atoms with van der Waals surface area (Å²) in [5.74, 6) is -2.40. The maximum atomic E-state index is 14.9. The number of halogens is 3. The van der Waals surface area contributed by atoms with Crippen molar-refractivity contribution in [2.45, 2.75) is 52.2 Å². The maximum absolute atomic E-state index is 14.9. The number of methoxy groups -OCH3 is 2. The number of ether oxygens (including phenoxy) is 3. The van der Waals surface area contributed by atoms with E-state index in [9.17, 15) is 13.2 Å². The Morgan fingerprint density at radius 3 is 2.38 bits per heavy atom. The van der Waals surface area contributed by atoms with E-state index in [0.29, 0.717) is 41.0 Å². The minimum atomic E-state index is -3.29. The van der Waals surface area contributed by atoms with Crippen LogP contribution < -0.4 is 14.8 Å². The van der Waals surface area contributed by atoms with Gasteiger partial charge in [-0.05, 0) is 33.8 Å². The summed E-state index contributed by atoms with van der Waals surface area (Å²) in [6, 6.07) is 6.80. The van der Waals surface area contributed by atoms with Gasteiger partial charge in [0.25, 0.3) is 5.92 Å². The van der Waals surface area contributed by atoms with Crippen molar-refractivity contribution in [2.24, 2.45) is 0 Å². The molecule has 0 unspecified atom stereocenters. The summed E-state index contributed by atoms with van der Waals surface area (Å²) < 4.78 is 59.4. The van der Waals surface area contributed by atoms with E-state index in [1.165, 1.54) is 19.2 Å². The highest BCUT2D eigenvalue weighted by molar-refractivity contribution is 5.92. The van der Waals surface area contributed by atoms with Gasteiger partial charge in [-0.15, -0.1) is 0 Å². The van der Waals surface area contributed by atoms with Crippen LogP contribution in [0.5, 0.6) is 11.5 Å². The van der Waals surface area contributed by atoms with Crippen LogP contribution in [0, 0.1) is 12.7 Å². The summed E-state index contributed by atoms with van der Waals surface area (Å²) in [5, 5.41) is 3.76. The molecule has 1 aromatic heterocycles. The normalized spacial score (nSPS) is 13.1. The lowest BCUT2D eigenvalue weighted by Gasteiger charge is -2.24. The van der Waals surface area contributed by atoms with Crippen molar-refractivity contribution in [2.75, 3.05) is 26.1 Å². The number of nitrogens with one attached hydrogen (secondary N) is 1. The fourth-order valence-electron chi connectivity index (χ4n) is 3.45. The predicted molar refractivity (Wildman–Crippen MR) is 125 cm³/mol. The Morgan fingerprint density at radius 1 is 1.06 bits per heavy atom. The van der Waals surface area contributed by atoms with E-state index in [-0.39, 0.29) is 12.2 Å². The van der Waals surface area contributed by atoms with Gasteiger partial charge >= 0.3 is 0 Å². The largest absolute Gasteiger partial charge is 0.493 e. The Kier molecular flexibility index (Phi) is 7.26. The summed E-state index contributed by atoms with van der Waals surface area (Å²) in [7, 11) is 3.13. The van der Waals surface area contributed by atoms with Crippen molar-refractivity contribution in [3.63, 3.8) is 0 Å². The third-order valence-corrected chi connectivity index (χ3v) is 5.54. The molecule has 0 saturated carbocycles. The molecule has 0 bridgehead atoms. The average Bonchev–Trinajstić information content (AvgIpc) is 2.76. The number of hydrogen-bond acceptors (Lipinski definition) is 6. The predicted octanol–water partition coefficient (Wildman–Crippen LogP) is 6.17. The van der Waals surface area contributed by atoms with Crippen molar-refractivity contribution in [1.82, 2.24) is 9.97 Å². The standard InChI is InChI=1S/C25H30F3N3O3/c1-14(16-9-8-10-18(22(16)26)25(5,27)28)29-23-17-11-21(34-13-24(3,4)33-7)20(32-6)12-19(17)30-15(2)31-23/h8-12,14H,13H2,1-7H3,(H,29,30,31)/t14-/m1/s1. The van der Waals surface area contributed by atoms with E-state index in [1.54, 1.807) is 33.1 Å². The molecule has 0 aliphatic rings. The van der Waals surface area contributed by atoms with E-state index in [1.807, 2.05) is 13.8 Å². The molecule has 184 valence electrons. The van der Waals surface area contributed by atoms with Crippen molar-refractivity contribution in [1.29, 1.82) is 0 Å². The number of fused-ring (bicyclic) bond motifs is 1. The topological polar surface area (TPSA) is 65.5 Å². The molecule has 34 heavy (non-hydrogen) atoms. The highest BCUT2D eigenvalue weighted by atomic mass is 19.3. The molecule has 9 heteroatoms. The molecule has 0 aliphatic heterocycles. The van der Waals surface area contributed by atoms with E-state index in [2.05, 4.69) is 15.3 Å². The first-order valence-corrected chi connectivity index (χ1v) is 10.8. The number of benzene rings is 2. The first-order valence-electron chi connectivity index (χ1n) is 10.8. The fraction of sp³-hybridized carbons (Fsp3) is 0.440. The molecule has 3 aromatic rings. The Balaban J connectivity index is 2.03. The maximum Gasteiger partial charge on any atom is 0.273 e. The molecule has 6 nitrogen and oxygen atoms in total. The Labute approximate surface area is 197 Å². The summed E-state index contributed by atoms with van der Waals surface area (Å²) in [6.07, 6.45) is 0. The van der Waals surface area contributed by atoms with E-state index < -0.39 is 28.9 Å². The van der Waals surface area contributed by atoms with Gasteiger partial charge in [-0.1, -0.05) is 18.2 Å². The minimum Gasteiger partial charge on any atom is -0.493 e. The Bertz CT molecular complexity index is 1180. The van der Waals surface area contributed by atoms with Gasteiger partial charge in [0.15, 0.2) is 11.5 Å². The third kappa shape index (κ3) is 5.52. The lowest BCUT2D eigenvalue weighted by Crippen LogP contribution is -2.30. The molecule has 0 radical (unpaired) electrons. The number of anilines is 1. The van der Waals surface area contributed by atoms with Gasteiger partial charge in [0.2, 0.25) is 0 Å². The van der Waals surface area contributed by atoms with Crippen molar-refractivity contribution in [3.8, 4) is 11.5 Å². The second kappa shape index (κ2) is 9.66. The molecular formula is C25H30F3N3O3. The molecule has 0 aliphatic carbocycles. The first-order chi connectivity index (χ1) is 15.9. The number of aromatic nitrogens is 2. The molecule has 0 spiro atoms. The molecule has 0 fully saturated rings. The van der Waals surface area contributed by atoms with E-state index in [0.717, 1.165) is 6.07 Å². The minimum absolute atomic E-state index is 0.107. The van der Waals surface area contributed by atoms with Gasteiger partial charge in [0.05, 0.1) is 29.8 Å². The van der Waals surface area contributed by atoms with Crippen LogP contribution in [0.3, 0.4) is 0 Å². The summed E-state index contributed by atoms with van der Waals surface area (Å²) in [5.41, 5.74) is -0.478. The van der Waals surface area contributed by atoms with Gasteiger partial charge in [0, 0.05) is 31.0 Å². The monoisotopic (exact) mass is 477 g/mol. The molecule has 0 amide bonds. The summed E-state index contributed by atoms with van der Waals surface area (Å²) in [6.45, 7) is 8.14. The summed E-state index contributed by atoms with van der Waals surface area (Å²) in [4.78, 5) is 8.95. The second-order valence-electron chi connectivity index (χ2n) is 8.86. The lowest BCUT2D eigenvalue weighted by molar-refractivity contribution is -0.0151. The SMILES string of the molecule is COc1cc2nc(C)nc(N[C@H](C)c3cccc(C(C)(F)F)c3F)c2cc1OCC(C)(C)OC. The smallest absolute Gasteiger partial charge is 0.273 e. The van der Waals surface area contributed by atoms with Crippen LogP contribution in [0.4, 0.5) is 19.0 Å². The molecule has 1 heterocycles. The molecule has 0 saturated heterocycles. The van der Waals surface area contributed by atoms with E-state index in [4.69, 9.17) is 14.2 Å². The zero-order valence-electron chi connectivity index (χ0n) is 20.4. The first kappa shape index (κ1) is 25.6. The van der Waals surface area contributed by atoms with Crippen molar-refractivity contribution < 1.29 is 27.4 Å². The molecular weight excluding hydrogens is 447 g/mol. The lowest BCUT2D eigenvalue weighted by atomic mass is 10.0. The molecule has 3 rings (SSSR count). The van der Waals surface area contributed by atoms with Crippen LogP contribution in [0.25, 0.3) is 10.9 Å². The highest BCUT2D eigenvalue weighted by Crippen LogP contribution is 2.37. The number of nitrogens with zero attached hydrogens (tertiary/aromatic N) is 2. The van der Waals surface area contributed by atoms with Gasteiger partial charge in [-0.25, -0.2) is 23.1 Å². The fourth-order valence-corrected chi connectivity index (χ4v) is 3.45. The highest BCUT2D eigenvalue weighted by Gasteiger charge is 2.30. The van der Waals surface area contributed by atoms with Crippen LogP contribution in [0.15, 0.2) is 30.3 Å². The van der Waals surface area contributed by atoms with Gasteiger partial charge in [-0.3, -0.25) is 0 Å². The average molecular weight is 478 g/mol. The van der Waals surface area contributed by atoms with Gasteiger partial charge in [-0.2, -0.15) is 0 Å². The van der Waals surface area contributed by atoms with Crippen molar-refractivity contribution in [3.05, 3.63) is 53.1 Å². The number of alkyl halides is 2. The van der Waals surface area contributed by atoms with Crippen LogP contribution in [-0.4, -0.2) is 36.4 Å². The third-order valence-electron chi connectivity index (χ3n) is 5.54.